The van der Waals surface area contributed by atoms with Crippen molar-refractivity contribution in [3.63, 3.8) is 0 Å². The van der Waals surface area contributed by atoms with Gasteiger partial charge in [-0.05, 0) is 30.5 Å². The average Bonchev–Trinajstić information content (AvgIpc) is 2.54. The highest BCUT2D eigenvalue weighted by atomic mass is 35.5. The average molecular weight is 330 g/mol. The smallest absolute Gasteiger partial charge is 0.194 e. The topological polar surface area (TPSA) is 76.2 Å². The van der Waals surface area contributed by atoms with E-state index < -0.39 is 0 Å². The van der Waals surface area contributed by atoms with Gasteiger partial charge < -0.3 is 11.1 Å². The molecule has 0 saturated heterocycles. The number of hydrogen-bond donors (Lipinski definition) is 2. The van der Waals surface area contributed by atoms with Gasteiger partial charge in [-0.15, -0.1) is 0 Å². The number of hydrogen-bond acceptors (Lipinski definition) is 4. The molecule has 0 spiro atoms. The maximum absolute atomic E-state index is 6.15. The molecule has 0 atom stereocenters. The predicted molar refractivity (Wildman–Crippen MR) is 94.2 cm³/mol. The van der Waals surface area contributed by atoms with Crippen LogP contribution in [-0.2, 0) is 5.41 Å². The molecule has 1 aromatic carbocycles. The number of aromatic nitrogens is 2. The molecule has 0 unspecified atom stereocenters. The summed E-state index contributed by atoms with van der Waals surface area (Å²) in [4.78, 5) is 12.3. The molecule has 0 radical (unpaired) electrons. The molecule has 120 valence electrons. The zero-order valence-electron chi connectivity index (χ0n) is 13.1. The molecule has 2 aromatic rings. The maximum Gasteiger partial charge on any atom is 0.194 e. The van der Waals surface area contributed by atoms with Gasteiger partial charge in [0.2, 0.25) is 0 Å². The number of nitrogens with two attached hydrogens (primary N) is 1. The number of amidine groups is 1. The molecule has 1 aliphatic rings. The number of rotatable bonds is 5. The zero-order chi connectivity index (χ0) is 16.3. The van der Waals surface area contributed by atoms with Crippen LogP contribution in [0.1, 0.15) is 30.7 Å². The van der Waals surface area contributed by atoms with E-state index in [0.29, 0.717) is 11.7 Å². The molecule has 0 aliphatic heterocycles. The minimum absolute atomic E-state index is 0.146. The summed E-state index contributed by atoms with van der Waals surface area (Å²) in [6.07, 6.45) is 7.05. The first kappa shape index (κ1) is 15.7. The summed E-state index contributed by atoms with van der Waals surface area (Å²) in [6, 6.07) is 8.16. The van der Waals surface area contributed by atoms with Gasteiger partial charge in [0.15, 0.2) is 11.7 Å². The number of benzene rings is 1. The van der Waals surface area contributed by atoms with Crippen LogP contribution >= 0.6 is 11.6 Å². The van der Waals surface area contributed by atoms with Gasteiger partial charge >= 0.3 is 0 Å². The van der Waals surface area contributed by atoms with Gasteiger partial charge in [-0.3, -0.25) is 4.99 Å². The Kier molecular flexibility index (Phi) is 4.48. The normalized spacial score (nSPS) is 16.7. The van der Waals surface area contributed by atoms with E-state index in [1.807, 2.05) is 12.1 Å². The van der Waals surface area contributed by atoms with Crippen LogP contribution in [0.25, 0.3) is 0 Å². The molecule has 3 rings (SSSR count). The van der Waals surface area contributed by atoms with Gasteiger partial charge in [0.25, 0.3) is 0 Å². The van der Waals surface area contributed by atoms with Crippen molar-refractivity contribution in [2.24, 2.45) is 10.7 Å². The third-order valence-electron chi connectivity index (χ3n) is 4.50. The fraction of sp³-hybridized carbons (Fsp3) is 0.353. The molecule has 1 aromatic heterocycles. The Morgan fingerprint density at radius 1 is 1.35 bits per heavy atom. The summed E-state index contributed by atoms with van der Waals surface area (Å²) in [6.45, 7) is 0.841. The number of nitrogens with zero attached hydrogens (tertiary/aromatic N) is 3. The Bertz CT molecular complexity index is 707. The lowest BCUT2D eigenvalue weighted by Gasteiger charge is -2.43. The third kappa shape index (κ3) is 3.29. The van der Waals surface area contributed by atoms with Crippen molar-refractivity contribution in [1.29, 1.82) is 0 Å². The Morgan fingerprint density at radius 3 is 2.65 bits per heavy atom. The summed E-state index contributed by atoms with van der Waals surface area (Å²) in [7, 11) is 1.62. The van der Waals surface area contributed by atoms with Crippen LogP contribution in [0.15, 0.2) is 41.7 Å². The van der Waals surface area contributed by atoms with Crippen LogP contribution in [-0.4, -0.2) is 29.4 Å². The standard InChI is InChI=1S/C17H20ClN5/c1-20-15(19)16-21-9-14(10-22-16)23-11-17(6-3-7-17)12-4-2-5-13(18)8-12/h2,4-5,8-10,23H,3,6-7,11H2,1H3,(H2,19,20). The van der Waals surface area contributed by atoms with Crippen molar-refractivity contribution in [2.45, 2.75) is 24.7 Å². The molecule has 5 nitrogen and oxygen atoms in total. The first-order valence-corrected chi connectivity index (χ1v) is 8.05. The number of anilines is 1. The first-order valence-electron chi connectivity index (χ1n) is 7.68. The Balaban J connectivity index is 1.71. The van der Waals surface area contributed by atoms with Crippen molar-refractivity contribution >= 4 is 23.1 Å². The Labute approximate surface area is 141 Å². The lowest BCUT2D eigenvalue weighted by Crippen LogP contribution is -2.41. The van der Waals surface area contributed by atoms with E-state index >= 15 is 0 Å². The van der Waals surface area contributed by atoms with Crippen molar-refractivity contribution in [1.82, 2.24) is 9.97 Å². The van der Waals surface area contributed by atoms with Gasteiger partial charge in [0.05, 0.1) is 18.1 Å². The highest BCUT2D eigenvalue weighted by Crippen LogP contribution is 2.44. The molecule has 1 aliphatic carbocycles. The van der Waals surface area contributed by atoms with Crippen LogP contribution in [0.3, 0.4) is 0 Å². The lowest BCUT2D eigenvalue weighted by atomic mass is 9.64. The summed E-state index contributed by atoms with van der Waals surface area (Å²) < 4.78 is 0. The maximum atomic E-state index is 6.15. The highest BCUT2D eigenvalue weighted by molar-refractivity contribution is 6.30. The SMILES string of the molecule is CN=C(N)c1ncc(NCC2(c3cccc(Cl)c3)CCC2)cn1. The van der Waals surface area contributed by atoms with E-state index in [-0.39, 0.29) is 5.41 Å². The number of nitrogens with one attached hydrogen (secondary N) is 1. The van der Waals surface area contributed by atoms with Crippen molar-refractivity contribution in [2.75, 3.05) is 18.9 Å². The quantitative estimate of drug-likeness (QED) is 0.653. The highest BCUT2D eigenvalue weighted by Gasteiger charge is 2.38. The number of aliphatic imine (C=N–C) groups is 1. The molecule has 1 heterocycles. The van der Waals surface area contributed by atoms with Crippen LogP contribution in [0, 0.1) is 0 Å². The molecule has 1 saturated carbocycles. The van der Waals surface area contributed by atoms with E-state index in [4.69, 9.17) is 17.3 Å². The van der Waals surface area contributed by atoms with Gasteiger partial charge in [-0.2, -0.15) is 0 Å². The molecule has 6 heteroatoms. The summed E-state index contributed by atoms with van der Waals surface area (Å²) in [5.41, 5.74) is 8.02. The fourth-order valence-electron chi connectivity index (χ4n) is 2.91. The van der Waals surface area contributed by atoms with Gasteiger partial charge in [-0.1, -0.05) is 30.2 Å². The van der Waals surface area contributed by atoms with Gasteiger partial charge in [0, 0.05) is 24.0 Å². The van der Waals surface area contributed by atoms with E-state index in [9.17, 15) is 0 Å². The molecule has 0 amide bonds. The molecular weight excluding hydrogens is 310 g/mol. The molecule has 23 heavy (non-hydrogen) atoms. The zero-order valence-corrected chi connectivity index (χ0v) is 13.8. The predicted octanol–water partition coefficient (Wildman–Crippen LogP) is 3.00. The van der Waals surface area contributed by atoms with E-state index in [0.717, 1.165) is 30.1 Å². The second-order valence-corrected chi connectivity index (χ2v) is 6.34. The lowest BCUT2D eigenvalue weighted by molar-refractivity contribution is 0.260. The Morgan fingerprint density at radius 2 is 2.09 bits per heavy atom. The third-order valence-corrected chi connectivity index (χ3v) is 4.74. The van der Waals surface area contributed by atoms with Crippen LogP contribution in [0.4, 0.5) is 5.69 Å². The van der Waals surface area contributed by atoms with Crippen LogP contribution < -0.4 is 11.1 Å². The minimum Gasteiger partial charge on any atom is -0.382 e. The molecule has 1 fully saturated rings. The van der Waals surface area contributed by atoms with Gasteiger partial charge in [-0.25, -0.2) is 9.97 Å². The summed E-state index contributed by atoms with van der Waals surface area (Å²) >= 11 is 6.15. The van der Waals surface area contributed by atoms with Crippen molar-refractivity contribution < 1.29 is 0 Å². The van der Waals surface area contributed by atoms with E-state index in [1.165, 1.54) is 12.0 Å². The second-order valence-electron chi connectivity index (χ2n) is 5.90. The van der Waals surface area contributed by atoms with Crippen LogP contribution in [0.5, 0.6) is 0 Å². The van der Waals surface area contributed by atoms with Gasteiger partial charge in [0.1, 0.15) is 0 Å². The van der Waals surface area contributed by atoms with Crippen LogP contribution in [0.2, 0.25) is 5.02 Å². The first-order chi connectivity index (χ1) is 11.1. The number of halogens is 1. The molecular formula is C17H20ClN5. The molecule has 0 bridgehead atoms. The van der Waals surface area contributed by atoms with E-state index in [2.05, 4.69) is 32.4 Å². The second kappa shape index (κ2) is 6.54. The largest absolute Gasteiger partial charge is 0.382 e. The summed E-state index contributed by atoms with van der Waals surface area (Å²) in [5, 5.41) is 4.23. The van der Waals surface area contributed by atoms with Crippen molar-refractivity contribution in [3.8, 4) is 0 Å². The minimum atomic E-state index is 0.146. The monoisotopic (exact) mass is 329 g/mol. The fourth-order valence-corrected chi connectivity index (χ4v) is 3.10. The van der Waals surface area contributed by atoms with E-state index in [1.54, 1.807) is 19.4 Å². The summed E-state index contributed by atoms with van der Waals surface area (Å²) in [5.74, 6) is 0.789. The molecule has 3 N–H and O–H groups in total. The van der Waals surface area contributed by atoms with Crippen molar-refractivity contribution in [3.05, 3.63) is 53.1 Å². The Hall–Kier alpha value is -2.14.